The summed E-state index contributed by atoms with van der Waals surface area (Å²) in [5.74, 6) is 2.00. The van der Waals surface area contributed by atoms with Gasteiger partial charge >= 0.3 is 0 Å². The molecule has 4 aliphatic carbocycles. The highest BCUT2D eigenvalue weighted by molar-refractivity contribution is 9.11. The molecular formula is C17H24BrNS. The Balaban J connectivity index is 1.72. The van der Waals surface area contributed by atoms with E-state index in [2.05, 4.69) is 47.4 Å². The quantitative estimate of drug-likeness (QED) is 0.769. The van der Waals surface area contributed by atoms with Gasteiger partial charge in [-0.25, -0.2) is 0 Å². The summed E-state index contributed by atoms with van der Waals surface area (Å²) in [6.07, 6.45) is 8.86. The van der Waals surface area contributed by atoms with Crippen LogP contribution in [0.3, 0.4) is 0 Å². The fourth-order valence-electron chi connectivity index (χ4n) is 6.37. The van der Waals surface area contributed by atoms with E-state index in [1.54, 1.807) is 0 Å². The molecule has 1 nitrogen and oxygen atoms in total. The number of thiophene rings is 1. The van der Waals surface area contributed by atoms with Gasteiger partial charge in [0, 0.05) is 10.9 Å². The molecule has 1 heterocycles. The van der Waals surface area contributed by atoms with E-state index in [0.717, 1.165) is 11.8 Å². The summed E-state index contributed by atoms with van der Waals surface area (Å²) in [5, 5.41) is 3.70. The topological polar surface area (TPSA) is 12.0 Å². The monoisotopic (exact) mass is 353 g/mol. The Bertz CT molecular complexity index is 509. The van der Waals surface area contributed by atoms with Gasteiger partial charge in [-0.15, -0.1) is 11.3 Å². The molecule has 110 valence electrons. The Labute approximate surface area is 134 Å². The van der Waals surface area contributed by atoms with E-state index in [0.29, 0.717) is 16.9 Å². The Morgan fingerprint density at radius 1 is 1.25 bits per heavy atom. The van der Waals surface area contributed by atoms with Gasteiger partial charge in [-0.2, -0.15) is 0 Å². The van der Waals surface area contributed by atoms with Crippen LogP contribution in [-0.2, 0) is 0 Å². The molecule has 3 unspecified atom stereocenters. The van der Waals surface area contributed by atoms with Crippen LogP contribution >= 0.6 is 27.3 Å². The van der Waals surface area contributed by atoms with Crippen LogP contribution in [0.25, 0.3) is 0 Å². The maximum Gasteiger partial charge on any atom is 0.0701 e. The first-order valence-corrected chi connectivity index (χ1v) is 9.55. The lowest BCUT2D eigenvalue weighted by molar-refractivity contribution is -0.117. The smallest absolute Gasteiger partial charge is 0.0701 e. The molecule has 20 heavy (non-hydrogen) atoms. The van der Waals surface area contributed by atoms with Crippen molar-refractivity contribution in [3.05, 3.63) is 20.8 Å². The van der Waals surface area contributed by atoms with Crippen molar-refractivity contribution in [3.8, 4) is 0 Å². The van der Waals surface area contributed by atoms with Gasteiger partial charge in [-0.1, -0.05) is 6.92 Å². The summed E-state index contributed by atoms with van der Waals surface area (Å²) >= 11 is 5.56. The van der Waals surface area contributed by atoms with E-state index in [1.807, 2.05) is 11.3 Å². The van der Waals surface area contributed by atoms with Crippen molar-refractivity contribution >= 4 is 27.3 Å². The number of hydrogen-bond acceptors (Lipinski definition) is 2. The molecule has 4 bridgehead atoms. The molecule has 1 N–H and O–H groups in total. The predicted molar refractivity (Wildman–Crippen MR) is 89.0 cm³/mol. The van der Waals surface area contributed by atoms with Crippen LogP contribution in [0.1, 0.15) is 56.4 Å². The molecule has 0 aromatic carbocycles. The number of rotatable bonds is 3. The second-order valence-electron chi connectivity index (χ2n) is 8.00. The van der Waals surface area contributed by atoms with Crippen LogP contribution in [-0.4, -0.2) is 7.05 Å². The molecule has 0 saturated heterocycles. The van der Waals surface area contributed by atoms with Gasteiger partial charge in [0.1, 0.15) is 0 Å². The summed E-state index contributed by atoms with van der Waals surface area (Å²) in [7, 11) is 2.17. The highest BCUT2D eigenvalue weighted by Crippen LogP contribution is 2.68. The van der Waals surface area contributed by atoms with Gasteiger partial charge in [0.05, 0.1) is 3.79 Å². The van der Waals surface area contributed by atoms with Crippen molar-refractivity contribution in [1.82, 2.24) is 5.32 Å². The third kappa shape index (κ3) is 2.04. The molecule has 3 heteroatoms. The lowest BCUT2D eigenvalue weighted by Gasteiger charge is -2.63. The van der Waals surface area contributed by atoms with Crippen LogP contribution in [0.4, 0.5) is 0 Å². The van der Waals surface area contributed by atoms with Crippen LogP contribution < -0.4 is 5.32 Å². The first-order chi connectivity index (χ1) is 9.52. The fraction of sp³-hybridized carbons (Fsp3) is 0.765. The van der Waals surface area contributed by atoms with Gasteiger partial charge < -0.3 is 5.32 Å². The molecule has 1 aromatic rings. The SMILES string of the molecule is CNC(c1ccc(Br)s1)C12CC3CC(CC(C)(C3)C1)C2. The molecular weight excluding hydrogens is 330 g/mol. The van der Waals surface area contributed by atoms with Gasteiger partial charge in [0.25, 0.3) is 0 Å². The van der Waals surface area contributed by atoms with Crippen molar-refractivity contribution < 1.29 is 0 Å². The molecule has 4 saturated carbocycles. The van der Waals surface area contributed by atoms with E-state index < -0.39 is 0 Å². The fourth-order valence-corrected chi connectivity index (χ4v) is 8.05. The Morgan fingerprint density at radius 3 is 2.45 bits per heavy atom. The third-order valence-electron chi connectivity index (χ3n) is 6.18. The van der Waals surface area contributed by atoms with Crippen LogP contribution in [0.2, 0.25) is 0 Å². The van der Waals surface area contributed by atoms with E-state index in [1.165, 1.54) is 47.2 Å². The minimum absolute atomic E-state index is 0.526. The highest BCUT2D eigenvalue weighted by atomic mass is 79.9. The van der Waals surface area contributed by atoms with Crippen molar-refractivity contribution in [2.45, 2.75) is 51.5 Å². The van der Waals surface area contributed by atoms with Gasteiger partial charge in [0.15, 0.2) is 0 Å². The zero-order chi connectivity index (χ0) is 14.0. The van der Waals surface area contributed by atoms with Gasteiger partial charge in [-0.3, -0.25) is 0 Å². The van der Waals surface area contributed by atoms with Crippen molar-refractivity contribution in [1.29, 1.82) is 0 Å². The molecule has 4 aliphatic rings. The zero-order valence-corrected chi connectivity index (χ0v) is 14.8. The Kier molecular flexibility index (Phi) is 3.15. The minimum atomic E-state index is 0.526. The van der Waals surface area contributed by atoms with E-state index in [-0.39, 0.29) is 0 Å². The highest BCUT2D eigenvalue weighted by Gasteiger charge is 2.58. The van der Waals surface area contributed by atoms with E-state index in [9.17, 15) is 0 Å². The predicted octanol–water partition coefficient (Wildman–Crippen LogP) is 5.38. The Hall–Kier alpha value is 0.140. The summed E-state index contributed by atoms with van der Waals surface area (Å²) in [4.78, 5) is 1.53. The summed E-state index contributed by atoms with van der Waals surface area (Å²) in [5.41, 5.74) is 1.16. The molecule has 0 aliphatic heterocycles. The molecule has 3 atom stereocenters. The van der Waals surface area contributed by atoms with Crippen molar-refractivity contribution in [3.63, 3.8) is 0 Å². The van der Waals surface area contributed by atoms with Gasteiger partial charge in [0.2, 0.25) is 0 Å². The van der Waals surface area contributed by atoms with E-state index >= 15 is 0 Å². The average molecular weight is 354 g/mol. The van der Waals surface area contributed by atoms with Crippen LogP contribution in [0.5, 0.6) is 0 Å². The maximum atomic E-state index is 3.70. The molecule has 5 rings (SSSR count). The first-order valence-electron chi connectivity index (χ1n) is 7.94. The number of nitrogens with one attached hydrogen (secondary N) is 1. The van der Waals surface area contributed by atoms with E-state index in [4.69, 9.17) is 0 Å². The molecule has 0 amide bonds. The summed E-state index contributed by atoms with van der Waals surface area (Å²) in [6, 6.07) is 5.10. The standard InChI is InChI=1S/C17H24BrNS/c1-16-6-11-5-12(7-16)9-17(8-11,10-16)15(19-2)13-3-4-14(18)20-13/h3-4,11-12,15,19H,5-10H2,1-2H3. The van der Waals surface area contributed by atoms with Crippen molar-refractivity contribution in [2.24, 2.45) is 22.7 Å². The first kappa shape index (κ1) is 13.8. The maximum absolute atomic E-state index is 3.70. The lowest BCUT2D eigenvalue weighted by Crippen LogP contribution is -2.54. The zero-order valence-electron chi connectivity index (χ0n) is 12.4. The van der Waals surface area contributed by atoms with Crippen LogP contribution in [0.15, 0.2) is 15.9 Å². The molecule has 1 aromatic heterocycles. The summed E-state index contributed by atoms with van der Waals surface area (Å²) < 4.78 is 1.27. The summed E-state index contributed by atoms with van der Waals surface area (Å²) in [6.45, 7) is 2.57. The molecule has 0 spiro atoms. The van der Waals surface area contributed by atoms with Crippen LogP contribution in [0, 0.1) is 22.7 Å². The number of hydrogen-bond donors (Lipinski definition) is 1. The molecule has 0 radical (unpaired) electrons. The van der Waals surface area contributed by atoms with Gasteiger partial charge in [-0.05, 0) is 96.3 Å². The Morgan fingerprint density at radius 2 is 1.95 bits per heavy atom. The number of halogens is 1. The average Bonchev–Trinajstić information content (AvgIpc) is 2.72. The normalized spacial score (nSPS) is 44.0. The van der Waals surface area contributed by atoms with Crippen molar-refractivity contribution in [2.75, 3.05) is 7.05 Å². The minimum Gasteiger partial charge on any atom is -0.312 e. The largest absolute Gasteiger partial charge is 0.312 e. The second kappa shape index (κ2) is 4.57. The molecule has 4 fully saturated rings. The lowest BCUT2D eigenvalue weighted by atomic mass is 9.43. The second-order valence-corrected chi connectivity index (χ2v) is 10.5. The third-order valence-corrected chi connectivity index (χ3v) is 7.87.